The van der Waals surface area contributed by atoms with E-state index in [1.54, 1.807) is 6.26 Å². The zero-order valence-corrected chi connectivity index (χ0v) is 12.1. The van der Waals surface area contributed by atoms with Crippen LogP contribution in [0.5, 0.6) is 5.75 Å². The molecule has 0 saturated heterocycles. The quantitative estimate of drug-likeness (QED) is 0.927. The first-order valence-corrected chi connectivity index (χ1v) is 7.06. The van der Waals surface area contributed by atoms with Crippen LogP contribution in [0.1, 0.15) is 49.3 Å². The molecule has 1 aromatic heterocycles. The summed E-state index contributed by atoms with van der Waals surface area (Å²) in [7, 11) is 0. The van der Waals surface area contributed by atoms with Gasteiger partial charge in [0.2, 0.25) is 0 Å². The van der Waals surface area contributed by atoms with Crippen LogP contribution < -0.4 is 4.74 Å². The van der Waals surface area contributed by atoms with Crippen LogP contribution >= 0.6 is 0 Å². The lowest BCUT2D eigenvalue weighted by Gasteiger charge is -2.16. The third kappa shape index (κ3) is 2.22. The van der Waals surface area contributed by atoms with E-state index in [1.165, 1.54) is 0 Å². The highest BCUT2D eigenvalue weighted by Gasteiger charge is 2.30. The fourth-order valence-electron chi connectivity index (χ4n) is 2.86. The predicted octanol–water partition coefficient (Wildman–Crippen LogP) is 3.64. The highest BCUT2D eigenvalue weighted by Crippen LogP contribution is 2.37. The maximum absolute atomic E-state index is 10.6. The summed E-state index contributed by atoms with van der Waals surface area (Å²) >= 11 is 0. The van der Waals surface area contributed by atoms with Gasteiger partial charge in [-0.15, -0.1) is 0 Å². The Bertz CT molecular complexity index is 625. The molecule has 3 nitrogen and oxygen atoms in total. The Labute approximate surface area is 119 Å². The average molecular weight is 272 g/mol. The monoisotopic (exact) mass is 272 g/mol. The second-order valence-corrected chi connectivity index (χ2v) is 5.96. The van der Waals surface area contributed by atoms with E-state index in [4.69, 9.17) is 9.15 Å². The highest BCUT2D eigenvalue weighted by molar-refractivity contribution is 5.44. The lowest BCUT2D eigenvalue weighted by atomic mass is 9.96. The van der Waals surface area contributed by atoms with E-state index in [2.05, 4.69) is 13.8 Å². The summed E-state index contributed by atoms with van der Waals surface area (Å²) in [6.07, 6.45) is 2.64. The van der Waals surface area contributed by atoms with Crippen molar-refractivity contribution < 1.29 is 14.3 Å². The Kier molecular flexibility index (Phi) is 3.09. The van der Waals surface area contributed by atoms with Gasteiger partial charge in [-0.2, -0.15) is 0 Å². The molecule has 1 atom stereocenters. The minimum Gasteiger partial charge on any atom is -0.487 e. The second-order valence-electron chi connectivity index (χ2n) is 5.96. The average Bonchev–Trinajstić information content (AvgIpc) is 2.98. The summed E-state index contributed by atoms with van der Waals surface area (Å²) < 4.78 is 11.3. The molecular weight excluding hydrogens is 252 g/mol. The van der Waals surface area contributed by atoms with Gasteiger partial charge >= 0.3 is 0 Å². The zero-order chi connectivity index (χ0) is 14.3. The third-order valence-electron chi connectivity index (χ3n) is 3.80. The van der Waals surface area contributed by atoms with E-state index in [-0.39, 0.29) is 5.60 Å². The maximum Gasteiger partial charge on any atom is 0.123 e. The molecule has 0 spiro atoms. The van der Waals surface area contributed by atoms with Crippen molar-refractivity contribution in [3.05, 3.63) is 53.0 Å². The van der Waals surface area contributed by atoms with Gasteiger partial charge in [-0.25, -0.2) is 0 Å². The van der Waals surface area contributed by atoms with Crippen LogP contribution in [0.3, 0.4) is 0 Å². The van der Waals surface area contributed by atoms with Crippen LogP contribution in [0.25, 0.3) is 0 Å². The summed E-state index contributed by atoms with van der Waals surface area (Å²) in [5, 5.41) is 10.6. The summed E-state index contributed by atoms with van der Waals surface area (Å²) in [5.74, 6) is 1.77. The number of fused-ring (bicyclic) bond motifs is 1. The molecule has 1 aliphatic rings. The van der Waals surface area contributed by atoms with Crippen LogP contribution in [0.15, 0.2) is 34.9 Å². The molecule has 1 aromatic carbocycles. The van der Waals surface area contributed by atoms with Gasteiger partial charge in [-0.05, 0) is 43.2 Å². The molecule has 3 heteroatoms. The van der Waals surface area contributed by atoms with Gasteiger partial charge in [-0.1, -0.05) is 13.0 Å². The van der Waals surface area contributed by atoms with Crippen LogP contribution in [-0.4, -0.2) is 10.7 Å². The van der Waals surface area contributed by atoms with Crippen LogP contribution in [0, 0.1) is 0 Å². The Morgan fingerprint density at radius 2 is 2.10 bits per heavy atom. The van der Waals surface area contributed by atoms with E-state index < -0.39 is 6.10 Å². The van der Waals surface area contributed by atoms with Crippen molar-refractivity contribution in [2.24, 2.45) is 0 Å². The molecule has 106 valence electrons. The van der Waals surface area contributed by atoms with E-state index in [0.717, 1.165) is 41.0 Å². The topological polar surface area (TPSA) is 42.6 Å². The molecule has 0 amide bonds. The molecule has 1 unspecified atom stereocenters. The van der Waals surface area contributed by atoms with E-state index in [1.807, 2.05) is 31.2 Å². The van der Waals surface area contributed by atoms with Gasteiger partial charge in [0, 0.05) is 18.4 Å². The standard InChI is InChI=1S/C17H20O3/c1-4-14-13(7-8-19-14)16(18)11-5-6-15-12(9-11)10-17(2,3)20-15/h5-9,16,18H,4,10H2,1-3H3. The van der Waals surface area contributed by atoms with Crippen molar-refractivity contribution in [1.29, 1.82) is 0 Å². The van der Waals surface area contributed by atoms with Crippen LogP contribution in [-0.2, 0) is 12.8 Å². The van der Waals surface area contributed by atoms with E-state index >= 15 is 0 Å². The first kappa shape index (κ1) is 13.3. The number of benzene rings is 1. The normalized spacial score (nSPS) is 17.6. The molecule has 2 heterocycles. The van der Waals surface area contributed by atoms with Crippen molar-refractivity contribution in [1.82, 2.24) is 0 Å². The number of aryl methyl sites for hydroxylation is 1. The molecular formula is C17H20O3. The lowest BCUT2D eigenvalue weighted by Crippen LogP contribution is -2.24. The molecule has 2 aromatic rings. The van der Waals surface area contributed by atoms with E-state index in [0.29, 0.717) is 0 Å². The minimum absolute atomic E-state index is 0.157. The predicted molar refractivity (Wildman–Crippen MR) is 77.0 cm³/mol. The number of ether oxygens (including phenoxy) is 1. The van der Waals surface area contributed by atoms with Gasteiger partial charge in [0.05, 0.1) is 6.26 Å². The number of furan rings is 1. The van der Waals surface area contributed by atoms with Crippen molar-refractivity contribution in [2.45, 2.75) is 45.3 Å². The second kappa shape index (κ2) is 4.67. The van der Waals surface area contributed by atoms with E-state index in [9.17, 15) is 5.11 Å². The van der Waals surface area contributed by atoms with Gasteiger partial charge in [-0.3, -0.25) is 0 Å². The molecule has 1 aliphatic heterocycles. The van der Waals surface area contributed by atoms with Crippen molar-refractivity contribution in [3.8, 4) is 5.75 Å². The Morgan fingerprint density at radius 3 is 2.85 bits per heavy atom. The van der Waals surface area contributed by atoms with Gasteiger partial charge < -0.3 is 14.3 Å². The molecule has 20 heavy (non-hydrogen) atoms. The Morgan fingerprint density at radius 1 is 1.30 bits per heavy atom. The van der Waals surface area contributed by atoms with Crippen molar-refractivity contribution >= 4 is 0 Å². The summed E-state index contributed by atoms with van der Waals surface area (Å²) in [4.78, 5) is 0. The van der Waals surface area contributed by atoms with Gasteiger partial charge in [0.25, 0.3) is 0 Å². The molecule has 0 fully saturated rings. The van der Waals surface area contributed by atoms with Gasteiger partial charge in [0.15, 0.2) is 0 Å². The SMILES string of the molecule is CCc1occc1C(O)c1ccc2c(c1)CC(C)(C)O2. The Balaban J connectivity index is 1.93. The number of aliphatic hydroxyl groups excluding tert-OH is 1. The summed E-state index contributed by atoms with van der Waals surface area (Å²) in [5.41, 5.74) is 2.75. The Hall–Kier alpha value is -1.74. The summed E-state index contributed by atoms with van der Waals surface area (Å²) in [6, 6.07) is 7.77. The molecule has 0 bridgehead atoms. The van der Waals surface area contributed by atoms with Crippen molar-refractivity contribution in [3.63, 3.8) is 0 Å². The molecule has 0 radical (unpaired) electrons. The van der Waals surface area contributed by atoms with Crippen LogP contribution in [0.4, 0.5) is 0 Å². The fourth-order valence-corrected chi connectivity index (χ4v) is 2.86. The highest BCUT2D eigenvalue weighted by atomic mass is 16.5. The minimum atomic E-state index is -0.641. The number of aliphatic hydroxyl groups is 1. The van der Waals surface area contributed by atoms with Gasteiger partial charge in [0.1, 0.15) is 23.2 Å². The number of hydrogen-bond acceptors (Lipinski definition) is 3. The third-order valence-corrected chi connectivity index (χ3v) is 3.80. The zero-order valence-electron chi connectivity index (χ0n) is 12.1. The number of rotatable bonds is 3. The smallest absolute Gasteiger partial charge is 0.123 e. The molecule has 0 aliphatic carbocycles. The first-order valence-electron chi connectivity index (χ1n) is 7.06. The molecule has 3 rings (SSSR count). The fraction of sp³-hybridized carbons (Fsp3) is 0.412. The molecule has 1 N–H and O–H groups in total. The first-order chi connectivity index (χ1) is 9.50. The lowest BCUT2D eigenvalue weighted by molar-refractivity contribution is 0.138. The van der Waals surface area contributed by atoms with Crippen molar-refractivity contribution in [2.75, 3.05) is 0 Å². The summed E-state index contributed by atoms with van der Waals surface area (Å²) in [6.45, 7) is 6.18. The number of hydrogen-bond donors (Lipinski definition) is 1. The molecule has 0 saturated carbocycles. The van der Waals surface area contributed by atoms with Crippen LogP contribution in [0.2, 0.25) is 0 Å². The largest absolute Gasteiger partial charge is 0.487 e. The maximum atomic E-state index is 10.6.